The Hall–Kier alpha value is -3.02. The molecule has 2 atom stereocenters. The maximum Gasteiger partial charge on any atom is 0.251 e. The van der Waals surface area contributed by atoms with E-state index in [1.807, 2.05) is 12.1 Å². The fraction of sp³-hybridized carbons (Fsp3) is 0.385. The number of carbonyl (C=O) groups excluding carboxylic acids is 2. The van der Waals surface area contributed by atoms with E-state index in [-0.39, 0.29) is 0 Å². The van der Waals surface area contributed by atoms with Crippen LogP contribution in [-0.2, 0) is 16.1 Å². The summed E-state index contributed by atoms with van der Waals surface area (Å²) >= 11 is 0. The first-order chi connectivity index (χ1) is 16.0. The summed E-state index contributed by atoms with van der Waals surface area (Å²) in [5, 5.41) is 11.6. The number of aliphatic hydroxyl groups excluding tert-OH is 1. The van der Waals surface area contributed by atoms with Gasteiger partial charge in [-0.1, -0.05) is 24.0 Å². The monoisotopic (exact) mass is 449 g/mol. The summed E-state index contributed by atoms with van der Waals surface area (Å²) < 4.78 is 5.51. The van der Waals surface area contributed by atoms with Crippen LogP contribution in [0.1, 0.15) is 40.4 Å². The number of rotatable bonds is 7. The van der Waals surface area contributed by atoms with Crippen molar-refractivity contribution in [3.05, 3.63) is 70.8 Å². The van der Waals surface area contributed by atoms with Gasteiger partial charge in [0.05, 0.1) is 6.61 Å². The summed E-state index contributed by atoms with van der Waals surface area (Å²) in [5.41, 5.74) is 9.08. The molecule has 174 valence electrons. The Labute approximate surface area is 194 Å². The summed E-state index contributed by atoms with van der Waals surface area (Å²) in [6.45, 7) is 5.49. The molecule has 3 rings (SSSR count). The topological polar surface area (TPSA) is 105 Å². The molecule has 1 aliphatic heterocycles. The van der Waals surface area contributed by atoms with Gasteiger partial charge in [0.25, 0.3) is 5.91 Å². The Morgan fingerprint density at radius 2 is 1.70 bits per heavy atom. The van der Waals surface area contributed by atoms with Crippen molar-refractivity contribution in [2.45, 2.75) is 32.0 Å². The van der Waals surface area contributed by atoms with Crippen molar-refractivity contribution in [1.82, 2.24) is 10.2 Å². The molecule has 7 nitrogen and oxygen atoms in total. The number of hydrogen-bond donors (Lipinski definition) is 3. The smallest absolute Gasteiger partial charge is 0.251 e. The van der Waals surface area contributed by atoms with E-state index in [4.69, 9.17) is 15.6 Å². The van der Waals surface area contributed by atoms with Crippen LogP contribution in [0.3, 0.4) is 0 Å². The molecule has 1 heterocycles. The second-order valence-electron chi connectivity index (χ2n) is 8.20. The number of aliphatic hydroxyl groups is 1. The molecule has 1 amide bonds. The predicted octanol–water partition coefficient (Wildman–Crippen LogP) is 1.32. The highest BCUT2D eigenvalue weighted by Gasteiger charge is 2.24. The molecule has 2 aromatic rings. The minimum Gasteiger partial charge on any atom is -0.388 e. The highest BCUT2D eigenvalue weighted by atomic mass is 16.5. The molecular weight excluding hydrogens is 418 g/mol. The van der Waals surface area contributed by atoms with Crippen LogP contribution in [-0.4, -0.2) is 66.7 Å². The van der Waals surface area contributed by atoms with Crippen LogP contribution in [0.4, 0.5) is 0 Å². The number of nitrogens with one attached hydrogen (secondary N) is 1. The largest absolute Gasteiger partial charge is 0.388 e. The third-order valence-electron chi connectivity index (χ3n) is 5.49. The Balaban J connectivity index is 1.58. The lowest BCUT2D eigenvalue weighted by Gasteiger charge is -2.20. The number of hydrogen-bond acceptors (Lipinski definition) is 6. The van der Waals surface area contributed by atoms with Gasteiger partial charge in [-0.15, -0.1) is 0 Å². The Kier molecular flexibility index (Phi) is 9.16. The van der Waals surface area contributed by atoms with Crippen LogP contribution in [0.5, 0.6) is 0 Å². The third kappa shape index (κ3) is 7.52. The first-order valence-electron chi connectivity index (χ1n) is 11.2. The molecule has 0 spiro atoms. The Morgan fingerprint density at radius 3 is 2.30 bits per heavy atom. The van der Waals surface area contributed by atoms with Gasteiger partial charge in [0.15, 0.2) is 5.78 Å². The molecule has 0 radical (unpaired) electrons. The molecule has 0 aromatic heterocycles. The lowest BCUT2D eigenvalue weighted by atomic mass is 10.0. The van der Waals surface area contributed by atoms with Gasteiger partial charge in [-0.3, -0.25) is 14.5 Å². The summed E-state index contributed by atoms with van der Waals surface area (Å²) in [6, 6.07) is 13.5. The summed E-state index contributed by atoms with van der Waals surface area (Å²) in [6.07, 6.45) is 1.07. The van der Waals surface area contributed by atoms with Crippen LogP contribution < -0.4 is 11.1 Å². The zero-order valence-electron chi connectivity index (χ0n) is 18.9. The fourth-order valence-electron chi connectivity index (χ4n) is 3.58. The highest BCUT2D eigenvalue weighted by molar-refractivity contribution is 5.98. The lowest BCUT2D eigenvalue weighted by molar-refractivity contribution is -0.123. The Bertz CT molecular complexity index is 983. The molecule has 0 saturated carbocycles. The van der Waals surface area contributed by atoms with Crippen LogP contribution in [0.25, 0.3) is 0 Å². The second-order valence-corrected chi connectivity index (χ2v) is 8.20. The number of ketones is 1. The zero-order valence-corrected chi connectivity index (χ0v) is 18.9. The number of amides is 1. The minimum atomic E-state index is -0.933. The molecule has 33 heavy (non-hydrogen) atoms. The molecule has 1 saturated heterocycles. The Morgan fingerprint density at radius 1 is 1.06 bits per heavy atom. The van der Waals surface area contributed by atoms with Gasteiger partial charge in [0.2, 0.25) is 0 Å². The van der Waals surface area contributed by atoms with Crippen molar-refractivity contribution in [2.75, 3.05) is 32.9 Å². The standard InChI is InChI=1S/C26H31N3O4/c1-19(27)25(24(31)18-30)28-26(32)23-11-9-21(10-12-23)4-3-20-5-7-22(8-6-20)17-29-13-2-15-33-16-14-29/h5-12,19,25,30H,2,13-18,27H2,1H3,(H,28,32)/t19-,25+/m1/s1. The van der Waals surface area contributed by atoms with E-state index in [1.54, 1.807) is 31.2 Å². The van der Waals surface area contributed by atoms with Crippen molar-refractivity contribution >= 4 is 11.7 Å². The SMILES string of the molecule is C[C@@H](N)[C@H](NC(=O)c1ccc(C#Cc2ccc(CN3CCCOCC3)cc2)cc1)C(=O)CO. The van der Waals surface area contributed by atoms with Gasteiger partial charge in [-0.2, -0.15) is 0 Å². The lowest BCUT2D eigenvalue weighted by Crippen LogP contribution is -2.52. The second kappa shape index (κ2) is 12.3. The van der Waals surface area contributed by atoms with Crippen LogP contribution in [0.15, 0.2) is 48.5 Å². The van der Waals surface area contributed by atoms with E-state index in [0.717, 1.165) is 50.4 Å². The maximum absolute atomic E-state index is 12.4. The van der Waals surface area contributed by atoms with Crippen molar-refractivity contribution in [1.29, 1.82) is 0 Å². The van der Waals surface area contributed by atoms with Crippen LogP contribution in [0, 0.1) is 11.8 Å². The molecule has 0 bridgehead atoms. The maximum atomic E-state index is 12.4. The summed E-state index contributed by atoms with van der Waals surface area (Å²) in [7, 11) is 0. The average Bonchev–Trinajstić information content (AvgIpc) is 3.10. The zero-order chi connectivity index (χ0) is 23.6. The minimum absolute atomic E-state index is 0.389. The van der Waals surface area contributed by atoms with Crippen molar-refractivity contribution in [2.24, 2.45) is 5.73 Å². The van der Waals surface area contributed by atoms with Gasteiger partial charge in [-0.05, 0) is 55.3 Å². The first-order valence-corrected chi connectivity index (χ1v) is 11.2. The summed E-state index contributed by atoms with van der Waals surface area (Å²) in [5.74, 6) is 5.31. The van der Waals surface area contributed by atoms with E-state index in [0.29, 0.717) is 5.56 Å². The molecule has 1 fully saturated rings. The molecule has 0 unspecified atom stereocenters. The highest BCUT2D eigenvalue weighted by Crippen LogP contribution is 2.10. The number of carbonyl (C=O) groups is 2. The van der Waals surface area contributed by atoms with Crippen LogP contribution >= 0.6 is 0 Å². The van der Waals surface area contributed by atoms with Crippen molar-refractivity contribution in [3.63, 3.8) is 0 Å². The average molecular weight is 450 g/mol. The quantitative estimate of drug-likeness (QED) is 0.551. The first kappa shape index (κ1) is 24.6. The molecule has 0 aliphatic carbocycles. The van der Waals surface area contributed by atoms with Gasteiger partial charge >= 0.3 is 0 Å². The van der Waals surface area contributed by atoms with Gasteiger partial charge in [-0.25, -0.2) is 0 Å². The van der Waals surface area contributed by atoms with Gasteiger partial charge in [0, 0.05) is 49.0 Å². The van der Waals surface area contributed by atoms with Crippen molar-refractivity contribution < 1.29 is 19.4 Å². The number of Topliss-reactive ketones (excluding diaryl/α,β-unsaturated/α-hetero) is 1. The van der Waals surface area contributed by atoms with E-state index < -0.39 is 30.4 Å². The van der Waals surface area contributed by atoms with Crippen LogP contribution in [0.2, 0.25) is 0 Å². The third-order valence-corrected chi connectivity index (χ3v) is 5.49. The van der Waals surface area contributed by atoms with E-state index in [9.17, 15) is 9.59 Å². The summed E-state index contributed by atoms with van der Waals surface area (Å²) in [4.78, 5) is 26.6. The van der Waals surface area contributed by atoms with Gasteiger partial charge in [0.1, 0.15) is 12.6 Å². The molecule has 2 aromatic carbocycles. The number of nitrogens with two attached hydrogens (primary N) is 1. The molecule has 7 heteroatoms. The number of ether oxygens (including phenoxy) is 1. The molecular formula is C26H31N3O4. The normalized spacial score (nSPS) is 16.1. The van der Waals surface area contributed by atoms with E-state index in [1.165, 1.54) is 5.56 Å². The van der Waals surface area contributed by atoms with E-state index in [2.05, 4.69) is 34.2 Å². The molecule has 4 N–H and O–H groups in total. The fourth-order valence-corrected chi connectivity index (χ4v) is 3.58. The number of nitrogens with zero attached hydrogens (tertiary/aromatic N) is 1. The predicted molar refractivity (Wildman–Crippen MR) is 127 cm³/mol. The molecule has 1 aliphatic rings. The van der Waals surface area contributed by atoms with Crippen molar-refractivity contribution in [3.8, 4) is 11.8 Å². The van der Waals surface area contributed by atoms with E-state index >= 15 is 0 Å². The van der Waals surface area contributed by atoms with Gasteiger partial charge < -0.3 is 20.9 Å². The number of benzene rings is 2.